The van der Waals surface area contributed by atoms with E-state index < -0.39 is 0 Å². The van der Waals surface area contributed by atoms with Crippen molar-refractivity contribution in [2.24, 2.45) is 0 Å². The van der Waals surface area contributed by atoms with Gasteiger partial charge in [0.15, 0.2) is 11.5 Å². The molecule has 0 saturated carbocycles. The van der Waals surface area contributed by atoms with Crippen LogP contribution in [0.2, 0.25) is 0 Å². The fraction of sp³-hybridized carbons (Fsp3) is 0.647. The third-order valence-electron chi connectivity index (χ3n) is 3.03. The normalized spacial score (nSPS) is 11.0. The van der Waals surface area contributed by atoms with Crippen LogP contribution in [0.25, 0.3) is 0 Å². The second-order valence-electron chi connectivity index (χ2n) is 5.39. The highest BCUT2D eigenvalue weighted by Gasteiger charge is 2.12. The summed E-state index contributed by atoms with van der Waals surface area (Å²) in [5, 5.41) is 3.43. The second-order valence-corrected chi connectivity index (χ2v) is 6.31. The Hall–Kier alpha value is -0.780. The third-order valence-corrected chi connectivity index (χ3v) is 3.49. The summed E-state index contributed by atoms with van der Waals surface area (Å²) in [6.07, 6.45) is 2.26. The van der Waals surface area contributed by atoms with Crippen molar-refractivity contribution < 1.29 is 14.2 Å². The summed E-state index contributed by atoms with van der Waals surface area (Å²) in [6, 6.07) is 4.01. The molecule has 0 saturated heterocycles. The molecule has 0 radical (unpaired) electrons. The molecule has 0 aliphatic carbocycles. The topological polar surface area (TPSA) is 39.7 Å². The Morgan fingerprint density at radius 1 is 1.23 bits per heavy atom. The van der Waals surface area contributed by atoms with Gasteiger partial charge < -0.3 is 19.5 Å². The molecular weight excluding hydrogens is 346 g/mol. The van der Waals surface area contributed by atoms with Crippen molar-refractivity contribution >= 4 is 15.9 Å². The van der Waals surface area contributed by atoms with Crippen molar-refractivity contribution in [2.75, 3.05) is 26.9 Å². The maximum absolute atomic E-state index is 5.86. The van der Waals surface area contributed by atoms with Crippen molar-refractivity contribution in [3.63, 3.8) is 0 Å². The van der Waals surface area contributed by atoms with E-state index in [1.807, 2.05) is 6.07 Å². The largest absolute Gasteiger partial charge is 0.493 e. The first-order valence-corrected chi connectivity index (χ1v) is 8.69. The van der Waals surface area contributed by atoms with Gasteiger partial charge in [0, 0.05) is 23.2 Å². The molecule has 5 heteroatoms. The van der Waals surface area contributed by atoms with Crippen LogP contribution in [0.1, 0.15) is 39.2 Å². The number of halogens is 1. The molecule has 4 nitrogen and oxygen atoms in total. The first-order chi connectivity index (χ1) is 10.6. The van der Waals surface area contributed by atoms with Gasteiger partial charge >= 0.3 is 0 Å². The minimum absolute atomic E-state index is 0.295. The minimum Gasteiger partial charge on any atom is -0.493 e. The number of hydrogen-bond acceptors (Lipinski definition) is 4. The molecule has 0 atom stereocenters. The summed E-state index contributed by atoms with van der Waals surface area (Å²) in [7, 11) is 1.67. The van der Waals surface area contributed by atoms with Crippen molar-refractivity contribution in [3.8, 4) is 11.5 Å². The van der Waals surface area contributed by atoms with E-state index in [4.69, 9.17) is 14.2 Å². The fourth-order valence-corrected chi connectivity index (χ4v) is 2.50. The van der Waals surface area contributed by atoms with Gasteiger partial charge in [-0.15, -0.1) is 0 Å². The Kier molecular flexibility index (Phi) is 9.52. The molecule has 0 bridgehead atoms. The molecule has 1 N–H and O–H groups in total. The van der Waals surface area contributed by atoms with E-state index in [0.717, 1.165) is 54.1 Å². The van der Waals surface area contributed by atoms with Gasteiger partial charge in [0.1, 0.15) is 0 Å². The van der Waals surface area contributed by atoms with Crippen LogP contribution in [0, 0.1) is 0 Å². The average molecular weight is 374 g/mol. The second kappa shape index (κ2) is 10.9. The summed E-state index contributed by atoms with van der Waals surface area (Å²) in [5.74, 6) is 1.60. The Morgan fingerprint density at radius 3 is 2.64 bits per heavy atom. The van der Waals surface area contributed by atoms with E-state index >= 15 is 0 Å². The van der Waals surface area contributed by atoms with Crippen LogP contribution in [-0.2, 0) is 11.3 Å². The molecule has 0 unspecified atom stereocenters. The standard InChI is InChI=1S/C17H28BrNO3/c1-5-8-22-17-14(10-15(18)11-16(17)20-4)12-19-7-6-9-21-13(2)3/h10-11,13,19H,5-9,12H2,1-4H3. The monoisotopic (exact) mass is 373 g/mol. The molecule has 1 aromatic carbocycles. The van der Waals surface area contributed by atoms with Crippen molar-refractivity contribution in [1.82, 2.24) is 5.32 Å². The number of hydrogen-bond donors (Lipinski definition) is 1. The highest BCUT2D eigenvalue weighted by atomic mass is 79.9. The summed E-state index contributed by atoms with van der Waals surface area (Å²) in [5.41, 5.74) is 1.10. The molecule has 1 aromatic rings. The number of ether oxygens (including phenoxy) is 3. The summed E-state index contributed by atoms with van der Waals surface area (Å²) < 4.78 is 17.8. The number of methoxy groups -OCH3 is 1. The lowest BCUT2D eigenvalue weighted by molar-refractivity contribution is 0.0770. The smallest absolute Gasteiger partial charge is 0.165 e. The molecule has 22 heavy (non-hydrogen) atoms. The first kappa shape index (κ1) is 19.3. The molecule has 0 spiro atoms. The zero-order chi connectivity index (χ0) is 16.4. The zero-order valence-corrected chi connectivity index (χ0v) is 15.7. The molecule has 0 aliphatic rings. The van der Waals surface area contributed by atoms with Gasteiger partial charge in [-0.2, -0.15) is 0 Å². The van der Waals surface area contributed by atoms with E-state index in [-0.39, 0.29) is 0 Å². The van der Waals surface area contributed by atoms with Crippen molar-refractivity contribution in [3.05, 3.63) is 22.2 Å². The lowest BCUT2D eigenvalue weighted by Gasteiger charge is -2.16. The minimum atomic E-state index is 0.295. The third kappa shape index (κ3) is 6.99. The van der Waals surface area contributed by atoms with Crippen LogP contribution in [0.4, 0.5) is 0 Å². The Morgan fingerprint density at radius 2 is 2.00 bits per heavy atom. The summed E-state index contributed by atoms with van der Waals surface area (Å²) >= 11 is 3.52. The Bertz CT molecular complexity index is 438. The van der Waals surface area contributed by atoms with E-state index in [2.05, 4.69) is 48.1 Å². The van der Waals surface area contributed by atoms with Crippen LogP contribution in [0.3, 0.4) is 0 Å². The Labute approximate surface area is 142 Å². The van der Waals surface area contributed by atoms with E-state index in [1.165, 1.54) is 0 Å². The van der Waals surface area contributed by atoms with E-state index in [0.29, 0.717) is 12.7 Å². The van der Waals surface area contributed by atoms with Gasteiger partial charge in [-0.3, -0.25) is 0 Å². The van der Waals surface area contributed by atoms with Gasteiger partial charge in [0.05, 0.1) is 19.8 Å². The zero-order valence-electron chi connectivity index (χ0n) is 14.1. The predicted molar refractivity (Wildman–Crippen MR) is 93.9 cm³/mol. The maximum atomic E-state index is 5.86. The molecule has 0 heterocycles. The molecule has 126 valence electrons. The fourth-order valence-electron chi connectivity index (χ4n) is 2.01. The molecule has 1 rings (SSSR count). The van der Waals surface area contributed by atoms with Gasteiger partial charge in [0.25, 0.3) is 0 Å². The first-order valence-electron chi connectivity index (χ1n) is 7.90. The number of benzene rings is 1. The van der Waals surface area contributed by atoms with Crippen molar-refractivity contribution in [2.45, 2.75) is 46.3 Å². The SMILES string of the molecule is CCCOc1c(CNCCCOC(C)C)cc(Br)cc1OC. The lowest BCUT2D eigenvalue weighted by atomic mass is 10.2. The van der Waals surface area contributed by atoms with Gasteiger partial charge in [0.2, 0.25) is 0 Å². The summed E-state index contributed by atoms with van der Waals surface area (Å²) in [4.78, 5) is 0. The van der Waals surface area contributed by atoms with Gasteiger partial charge in [-0.25, -0.2) is 0 Å². The average Bonchev–Trinajstić information content (AvgIpc) is 2.48. The van der Waals surface area contributed by atoms with Gasteiger partial charge in [-0.05, 0) is 45.4 Å². The summed E-state index contributed by atoms with van der Waals surface area (Å²) in [6.45, 7) is 9.33. The molecule has 0 aromatic heterocycles. The van der Waals surface area contributed by atoms with Crippen LogP contribution in [0.15, 0.2) is 16.6 Å². The molecule has 0 amide bonds. The number of nitrogens with one attached hydrogen (secondary N) is 1. The predicted octanol–water partition coefficient (Wildman–Crippen LogP) is 4.15. The van der Waals surface area contributed by atoms with Gasteiger partial charge in [-0.1, -0.05) is 22.9 Å². The highest BCUT2D eigenvalue weighted by molar-refractivity contribution is 9.10. The van der Waals surface area contributed by atoms with E-state index in [9.17, 15) is 0 Å². The van der Waals surface area contributed by atoms with Crippen LogP contribution >= 0.6 is 15.9 Å². The van der Waals surface area contributed by atoms with Crippen molar-refractivity contribution in [1.29, 1.82) is 0 Å². The highest BCUT2D eigenvalue weighted by Crippen LogP contribution is 2.35. The quantitative estimate of drug-likeness (QED) is 0.591. The van der Waals surface area contributed by atoms with Crippen LogP contribution < -0.4 is 14.8 Å². The Balaban J connectivity index is 2.58. The molecule has 0 aliphatic heterocycles. The molecular formula is C17H28BrNO3. The van der Waals surface area contributed by atoms with Crippen LogP contribution in [0.5, 0.6) is 11.5 Å². The molecule has 0 fully saturated rings. The van der Waals surface area contributed by atoms with E-state index in [1.54, 1.807) is 7.11 Å². The van der Waals surface area contributed by atoms with Crippen LogP contribution in [-0.4, -0.2) is 33.0 Å². The maximum Gasteiger partial charge on any atom is 0.165 e. The lowest BCUT2D eigenvalue weighted by Crippen LogP contribution is -2.18. The number of rotatable bonds is 11.